The molecule has 0 radical (unpaired) electrons. The first-order valence-corrected chi connectivity index (χ1v) is 13.2. The van der Waals surface area contributed by atoms with Gasteiger partial charge in [0.2, 0.25) is 0 Å². The second-order valence-corrected chi connectivity index (χ2v) is 11.4. The molecule has 0 spiro atoms. The fourth-order valence-corrected chi connectivity index (χ4v) is 7.75. The summed E-state index contributed by atoms with van der Waals surface area (Å²) in [6.45, 7) is 4.27. The fourth-order valence-electron chi connectivity index (χ4n) is 7.48. The average molecular weight is 494 g/mol. The summed E-state index contributed by atoms with van der Waals surface area (Å²) in [5, 5.41) is 22.8. The molecule has 5 atom stereocenters. The van der Waals surface area contributed by atoms with Crippen LogP contribution in [0.15, 0.2) is 36.4 Å². The molecule has 0 aliphatic heterocycles. The van der Waals surface area contributed by atoms with Gasteiger partial charge in [-0.1, -0.05) is 42.6 Å². The molecular formula is C30H36ClNO3. The molecule has 2 saturated carbocycles. The number of benzene rings is 2. The van der Waals surface area contributed by atoms with E-state index in [-0.39, 0.29) is 11.2 Å². The monoisotopic (exact) mass is 493 g/mol. The van der Waals surface area contributed by atoms with Gasteiger partial charge in [0.1, 0.15) is 18.1 Å². The van der Waals surface area contributed by atoms with Crippen LogP contribution in [-0.2, 0) is 12.0 Å². The molecule has 2 N–H and O–H groups in total. The van der Waals surface area contributed by atoms with E-state index in [0.29, 0.717) is 35.9 Å². The molecule has 3 aliphatic rings. The number of aliphatic hydroxyl groups is 1. The van der Waals surface area contributed by atoms with E-state index in [1.54, 1.807) is 6.07 Å². The highest BCUT2D eigenvalue weighted by molar-refractivity contribution is 6.32. The summed E-state index contributed by atoms with van der Waals surface area (Å²) in [5.41, 5.74) is 2.46. The summed E-state index contributed by atoms with van der Waals surface area (Å²) in [5.74, 6) is 5.11. The number of phenols is 1. The van der Waals surface area contributed by atoms with Crippen molar-refractivity contribution in [2.75, 3.05) is 26.7 Å². The molecule has 186 valence electrons. The van der Waals surface area contributed by atoms with Gasteiger partial charge in [0.05, 0.1) is 17.2 Å². The molecule has 4 nitrogen and oxygen atoms in total. The number of terminal acetylenes is 1. The summed E-state index contributed by atoms with van der Waals surface area (Å²) in [6.07, 6.45) is 11.2. The molecule has 0 amide bonds. The van der Waals surface area contributed by atoms with Gasteiger partial charge in [-0.05, 0) is 98.2 Å². The quantitative estimate of drug-likeness (QED) is 0.504. The highest BCUT2D eigenvalue weighted by atomic mass is 35.5. The Morgan fingerprint density at radius 1 is 1.14 bits per heavy atom. The molecule has 5 heteroatoms. The largest absolute Gasteiger partial charge is 0.506 e. The van der Waals surface area contributed by atoms with E-state index in [4.69, 9.17) is 22.8 Å². The van der Waals surface area contributed by atoms with Crippen molar-refractivity contribution in [1.29, 1.82) is 0 Å². The SMILES string of the molecule is C#CCN(C)CCOc1ccc([C@]2(O)CC[C@H]3[C@@H]4CCc5c(ccc(O)c5Cl)[C@H]4CC[C@@]32C)cc1. The highest BCUT2D eigenvalue weighted by Crippen LogP contribution is 2.67. The summed E-state index contributed by atoms with van der Waals surface area (Å²) >= 11 is 6.47. The molecule has 2 aromatic rings. The summed E-state index contributed by atoms with van der Waals surface area (Å²) < 4.78 is 5.91. The van der Waals surface area contributed by atoms with E-state index in [1.807, 2.05) is 24.1 Å². The minimum absolute atomic E-state index is 0.160. The molecule has 0 heterocycles. The zero-order valence-corrected chi connectivity index (χ0v) is 21.5. The number of hydrogen-bond donors (Lipinski definition) is 2. The van der Waals surface area contributed by atoms with E-state index in [1.165, 1.54) is 5.56 Å². The smallest absolute Gasteiger partial charge is 0.134 e. The van der Waals surface area contributed by atoms with Crippen LogP contribution in [0.1, 0.15) is 61.6 Å². The number of nitrogens with zero attached hydrogens (tertiary/aromatic N) is 1. The number of aromatic hydroxyl groups is 1. The van der Waals surface area contributed by atoms with Crippen molar-refractivity contribution >= 4 is 11.6 Å². The van der Waals surface area contributed by atoms with Crippen molar-refractivity contribution in [2.45, 2.75) is 57.0 Å². The van der Waals surface area contributed by atoms with E-state index in [9.17, 15) is 10.2 Å². The Morgan fingerprint density at radius 2 is 1.91 bits per heavy atom. The number of rotatable bonds is 6. The molecule has 5 rings (SSSR count). The van der Waals surface area contributed by atoms with Crippen LogP contribution in [0.5, 0.6) is 11.5 Å². The third-order valence-electron chi connectivity index (χ3n) is 9.41. The molecule has 0 unspecified atom stereocenters. The van der Waals surface area contributed by atoms with Gasteiger partial charge in [-0.3, -0.25) is 4.90 Å². The third-order valence-corrected chi connectivity index (χ3v) is 9.83. The lowest BCUT2D eigenvalue weighted by atomic mass is 9.52. The first-order valence-electron chi connectivity index (χ1n) is 12.9. The average Bonchev–Trinajstić information content (AvgIpc) is 3.13. The van der Waals surface area contributed by atoms with Gasteiger partial charge in [0.15, 0.2) is 0 Å². The molecule has 0 bridgehead atoms. The lowest BCUT2D eigenvalue weighted by Gasteiger charge is -2.53. The van der Waals surface area contributed by atoms with Crippen LogP contribution >= 0.6 is 11.6 Å². The number of likely N-dealkylation sites (N-methyl/N-ethyl adjacent to an activating group) is 1. The van der Waals surface area contributed by atoms with Crippen molar-refractivity contribution in [3.8, 4) is 23.8 Å². The normalized spacial score (nSPS) is 31.4. The first-order chi connectivity index (χ1) is 16.8. The van der Waals surface area contributed by atoms with E-state index in [2.05, 4.69) is 31.0 Å². The van der Waals surface area contributed by atoms with Crippen LogP contribution in [0.25, 0.3) is 0 Å². The number of ether oxygens (including phenoxy) is 1. The molecule has 35 heavy (non-hydrogen) atoms. The van der Waals surface area contributed by atoms with Crippen molar-refractivity contribution in [3.05, 3.63) is 58.1 Å². The van der Waals surface area contributed by atoms with Crippen LogP contribution in [0.4, 0.5) is 0 Å². The van der Waals surface area contributed by atoms with Gasteiger partial charge in [-0.25, -0.2) is 0 Å². The molecule has 2 fully saturated rings. The number of phenolic OH excluding ortho intramolecular Hbond substituents is 1. The van der Waals surface area contributed by atoms with Crippen LogP contribution in [0.2, 0.25) is 5.02 Å². The van der Waals surface area contributed by atoms with E-state index < -0.39 is 5.60 Å². The summed E-state index contributed by atoms with van der Waals surface area (Å²) in [4.78, 5) is 2.05. The fraction of sp³-hybridized carbons (Fsp3) is 0.533. The Labute approximate surface area is 214 Å². The third kappa shape index (κ3) is 4.02. The predicted molar refractivity (Wildman–Crippen MR) is 140 cm³/mol. The van der Waals surface area contributed by atoms with E-state index in [0.717, 1.165) is 61.9 Å². The van der Waals surface area contributed by atoms with Crippen molar-refractivity contribution in [1.82, 2.24) is 4.90 Å². The van der Waals surface area contributed by atoms with Crippen molar-refractivity contribution in [2.24, 2.45) is 17.3 Å². The number of hydrogen-bond acceptors (Lipinski definition) is 4. The zero-order valence-electron chi connectivity index (χ0n) is 20.8. The van der Waals surface area contributed by atoms with Gasteiger partial charge >= 0.3 is 0 Å². The Hall–Kier alpha value is -2.19. The lowest BCUT2D eigenvalue weighted by Crippen LogP contribution is -2.49. The molecule has 2 aromatic carbocycles. The van der Waals surface area contributed by atoms with Crippen molar-refractivity contribution < 1.29 is 14.9 Å². The second kappa shape index (κ2) is 9.36. The molecule has 0 saturated heterocycles. The Kier molecular flexibility index (Phi) is 6.55. The highest BCUT2D eigenvalue weighted by Gasteiger charge is 2.62. The number of halogens is 1. The maximum Gasteiger partial charge on any atom is 0.134 e. The Balaban J connectivity index is 1.33. The minimum atomic E-state index is -0.832. The lowest BCUT2D eigenvalue weighted by molar-refractivity contribution is -0.108. The second-order valence-electron chi connectivity index (χ2n) is 11.1. The first kappa shape index (κ1) is 24.5. The molecule has 3 aliphatic carbocycles. The van der Waals surface area contributed by atoms with Crippen LogP contribution in [0.3, 0.4) is 0 Å². The van der Waals surface area contributed by atoms with Gasteiger partial charge in [0, 0.05) is 12.0 Å². The maximum atomic E-state index is 12.2. The van der Waals surface area contributed by atoms with Crippen molar-refractivity contribution in [3.63, 3.8) is 0 Å². The maximum absolute atomic E-state index is 12.2. The predicted octanol–water partition coefficient (Wildman–Crippen LogP) is 5.73. The Bertz CT molecular complexity index is 1130. The minimum Gasteiger partial charge on any atom is -0.506 e. The molecular weight excluding hydrogens is 458 g/mol. The van der Waals surface area contributed by atoms with Gasteiger partial charge < -0.3 is 14.9 Å². The van der Waals surface area contributed by atoms with Gasteiger partial charge in [0.25, 0.3) is 0 Å². The Morgan fingerprint density at radius 3 is 2.66 bits per heavy atom. The standard InChI is InChI=1S/C30H36ClNO3/c1-4-17-32(3)18-19-35-21-7-5-20(6-8-21)30(34)16-14-26-24-9-10-25-22(11-12-27(33)28(25)31)23(24)13-15-29(26,30)2/h1,5-8,11-12,23-24,26,33-34H,9-10,13-19H2,2-3H3/t23-,24-,26+,29+,30-/m1/s1. The van der Waals surface area contributed by atoms with Crippen LogP contribution < -0.4 is 4.74 Å². The zero-order chi connectivity index (χ0) is 24.8. The topological polar surface area (TPSA) is 52.9 Å². The summed E-state index contributed by atoms with van der Waals surface area (Å²) in [7, 11) is 1.98. The number of fused-ring (bicyclic) bond motifs is 5. The van der Waals surface area contributed by atoms with E-state index >= 15 is 0 Å². The summed E-state index contributed by atoms with van der Waals surface area (Å²) in [6, 6.07) is 11.9. The van der Waals surface area contributed by atoms with Crippen LogP contribution in [0, 0.1) is 29.6 Å². The van der Waals surface area contributed by atoms with Crippen LogP contribution in [-0.4, -0.2) is 41.9 Å². The van der Waals surface area contributed by atoms with Gasteiger partial charge in [-0.15, -0.1) is 6.42 Å². The molecule has 0 aromatic heterocycles. The van der Waals surface area contributed by atoms with Gasteiger partial charge in [-0.2, -0.15) is 0 Å².